The molecule has 0 saturated carbocycles. The summed E-state index contributed by atoms with van der Waals surface area (Å²) < 4.78 is 11.6. The Kier molecular flexibility index (Phi) is 3.06. The highest BCUT2D eigenvalue weighted by Gasteiger charge is 2.21. The predicted molar refractivity (Wildman–Crippen MR) is 71.1 cm³/mol. The van der Waals surface area contributed by atoms with Crippen molar-refractivity contribution in [3.8, 4) is 0 Å². The van der Waals surface area contributed by atoms with E-state index in [9.17, 15) is 4.79 Å². The van der Waals surface area contributed by atoms with Gasteiger partial charge in [0.05, 0.1) is 13.2 Å². The van der Waals surface area contributed by atoms with E-state index in [1.54, 1.807) is 0 Å². The van der Waals surface area contributed by atoms with Crippen LogP contribution in [0.15, 0.2) is 24.3 Å². The van der Waals surface area contributed by atoms with Crippen LogP contribution in [0.1, 0.15) is 34.2 Å². The fraction of sp³-hybridized carbons (Fsp3) is 0.357. The Bertz CT molecular complexity index is 582. The molecule has 0 N–H and O–H groups in total. The number of methoxy groups -OCH3 is 1. The molecule has 18 heavy (non-hydrogen) atoms. The van der Waals surface area contributed by atoms with Gasteiger partial charge in [-0.15, -0.1) is 11.3 Å². The summed E-state index contributed by atoms with van der Waals surface area (Å²) in [6.45, 7) is 0.828. The van der Waals surface area contributed by atoms with Gasteiger partial charge in [-0.2, -0.15) is 0 Å². The molecule has 2 aromatic rings. The van der Waals surface area contributed by atoms with Gasteiger partial charge in [-0.25, -0.2) is 4.79 Å². The Morgan fingerprint density at radius 3 is 3.11 bits per heavy atom. The smallest absolute Gasteiger partial charge is 0.348 e. The second-order valence-electron chi connectivity index (χ2n) is 4.36. The molecule has 1 aliphatic rings. The van der Waals surface area contributed by atoms with Crippen molar-refractivity contribution >= 4 is 27.4 Å². The van der Waals surface area contributed by atoms with E-state index in [-0.39, 0.29) is 12.1 Å². The number of hydrogen-bond acceptors (Lipinski definition) is 4. The van der Waals surface area contributed by atoms with Crippen LogP contribution >= 0.6 is 11.3 Å². The minimum Gasteiger partial charge on any atom is -0.465 e. The maximum atomic E-state index is 11.6. The van der Waals surface area contributed by atoms with Crippen LogP contribution < -0.4 is 0 Å². The van der Waals surface area contributed by atoms with Gasteiger partial charge in [-0.1, -0.05) is 12.1 Å². The molecule has 0 amide bonds. The summed E-state index contributed by atoms with van der Waals surface area (Å²) in [5.74, 6) is -0.269. The van der Waals surface area contributed by atoms with Crippen LogP contribution in [0.3, 0.4) is 0 Å². The van der Waals surface area contributed by atoms with E-state index in [4.69, 9.17) is 9.47 Å². The van der Waals surface area contributed by atoms with Crippen molar-refractivity contribution < 1.29 is 14.3 Å². The molecule has 2 heterocycles. The van der Waals surface area contributed by atoms with Gasteiger partial charge < -0.3 is 9.47 Å². The van der Waals surface area contributed by atoms with E-state index in [2.05, 4.69) is 6.07 Å². The van der Waals surface area contributed by atoms with Crippen LogP contribution in [0.4, 0.5) is 0 Å². The second kappa shape index (κ2) is 4.71. The summed E-state index contributed by atoms with van der Waals surface area (Å²) in [5, 5.41) is 1.12. The van der Waals surface area contributed by atoms with Gasteiger partial charge in [0, 0.05) is 11.3 Å². The summed E-state index contributed by atoms with van der Waals surface area (Å²) in [6.07, 6.45) is 2.34. The molecule has 0 bridgehead atoms. The molecular weight excluding hydrogens is 248 g/mol. The first-order valence-corrected chi connectivity index (χ1v) is 6.83. The summed E-state index contributed by atoms with van der Waals surface area (Å²) in [4.78, 5) is 12.2. The molecule has 1 aliphatic heterocycles. The molecule has 0 spiro atoms. The minimum atomic E-state index is -0.269. The van der Waals surface area contributed by atoms with Gasteiger partial charge in [0.15, 0.2) is 0 Å². The first-order chi connectivity index (χ1) is 8.79. The van der Waals surface area contributed by atoms with Crippen molar-refractivity contribution in [2.24, 2.45) is 0 Å². The molecule has 0 radical (unpaired) electrons. The second-order valence-corrected chi connectivity index (χ2v) is 5.45. The first kappa shape index (κ1) is 11.7. The molecule has 3 nitrogen and oxygen atoms in total. The van der Waals surface area contributed by atoms with Crippen molar-refractivity contribution in [3.05, 3.63) is 34.7 Å². The normalized spacial score (nSPS) is 19.3. The van der Waals surface area contributed by atoms with Crippen LogP contribution in [0.25, 0.3) is 10.1 Å². The highest BCUT2D eigenvalue weighted by Crippen LogP contribution is 2.36. The Balaban J connectivity index is 2.09. The first-order valence-electron chi connectivity index (χ1n) is 6.02. The number of benzene rings is 1. The average Bonchev–Trinajstić information content (AvgIpc) is 3.05. The lowest BCUT2D eigenvalue weighted by atomic mass is 10.0. The number of carbonyl (C=O) groups is 1. The van der Waals surface area contributed by atoms with Crippen LogP contribution in [-0.4, -0.2) is 19.7 Å². The predicted octanol–water partition coefficient (Wildman–Crippen LogP) is 3.54. The lowest BCUT2D eigenvalue weighted by Gasteiger charge is -2.10. The summed E-state index contributed by atoms with van der Waals surface area (Å²) in [5.41, 5.74) is 1.19. The molecule has 0 unspecified atom stereocenters. The number of carbonyl (C=O) groups excluding carboxylic acids is 1. The van der Waals surface area contributed by atoms with Gasteiger partial charge in [-0.05, 0) is 35.9 Å². The third kappa shape index (κ3) is 1.91. The zero-order chi connectivity index (χ0) is 12.5. The fourth-order valence-corrected chi connectivity index (χ4v) is 3.40. The Morgan fingerprint density at radius 1 is 1.50 bits per heavy atom. The molecule has 94 valence electrons. The summed E-state index contributed by atoms with van der Waals surface area (Å²) >= 11 is 1.47. The van der Waals surface area contributed by atoms with Crippen molar-refractivity contribution in [3.63, 3.8) is 0 Å². The van der Waals surface area contributed by atoms with Crippen molar-refractivity contribution in [1.29, 1.82) is 0 Å². The van der Waals surface area contributed by atoms with E-state index in [0.717, 1.165) is 29.5 Å². The molecular formula is C14H14O3S. The Morgan fingerprint density at radius 2 is 2.39 bits per heavy atom. The number of ether oxygens (including phenoxy) is 2. The molecule has 3 rings (SSSR count). The molecule has 4 heteroatoms. The molecule has 1 atom stereocenters. The molecule has 1 fully saturated rings. The zero-order valence-corrected chi connectivity index (χ0v) is 11.0. The number of thiophene rings is 1. The summed E-state index contributed by atoms with van der Waals surface area (Å²) in [7, 11) is 1.41. The third-order valence-electron chi connectivity index (χ3n) is 3.26. The SMILES string of the molecule is COC(=O)c1cc2c([C@H]3CCCO3)cccc2s1. The lowest BCUT2D eigenvalue weighted by Crippen LogP contribution is -1.97. The standard InChI is InChI=1S/C14H14O3S/c1-16-14(15)13-8-10-9(11-5-3-7-17-11)4-2-6-12(10)18-13/h2,4,6,8,11H,3,5,7H2,1H3/t11-/m1/s1. The molecule has 1 aromatic carbocycles. The van der Waals surface area contributed by atoms with Crippen LogP contribution in [-0.2, 0) is 9.47 Å². The molecule has 1 saturated heterocycles. The zero-order valence-electron chi connectivity index (χ0n) is 10.1. The number of esters is 1. The van der Waals surface area contributed by atoms with Gasteiger partial charge in [0.2, 0.25) is 0 Å². The largest absolute Gasteiger partial charge is 0.465 e. The molecule has 0 aliphatic carbocycles. The quantitative estimate of drug-likeness (QED) is 0.776. The van der Waals surface area contributed by atoms with E-state index in [0.29, 0.717) is 4.88 Å². The van der Waals surface area contributed by atoms with E-state index < -0.39 is 0 Å². The van der Waals surface area contributed by atoms with Crippen molar-refractivity contribution in [2.45, 2.75) is 18.9 Å². The van der Waals surface area contributed by atoms with Gasteiger partial charge >= 0.3 is 5.97 Å². The van der Waals surface area contributed by atoms with Gasteiger partial charge in [0.25, 0.3) is 0 Å². The monoisotopic (exact) mass is 262 g/mol. The van der Waals surface area contributed by atoms with Crippen LogP contribution in [0, 0.1) is 0 Å². The summed E-state index contributed by atoms with van der Waals surface area (Å²) in [6, 6.07) is 8.07. The number of rotatable bonds is 2. The van der Waals surface area contributed by atoms with Crippen LogP contribution in [0.2, 0.25) is 0 Å². The number of fused-ring (bicyclic) bond motifs is 1. The lowest BCUT2D eigenvalue weighted by molar-refractivity contribution is 0.0606. The highest BCUT2D eigenvalue weighted by atomic mass is 32.1. The van der Waals surface area contributed by atoms with Crippen LogP contribution in [0.5, 0.6) is 0 Å². The maximum absolute atomic E-state index is 11.6. The number of hydrogen-bond donors (Lipinski definition) is 0. The van der Waals surface area contributed by atoms with E-state index >= 15 is 0 Å². The Labute approximate surface area is 109 Å². The highest BCUT2D eigenvalue weighted by molar-refractivity contribution is 7.20. The van der Waals surface area contributed by atoms with Crippen molar-refractivity contribution in [1.82, 2.24) is 0 Å². The van der Waals surface area contributed by atoms with E-state index in [1.807, 2.05) is 18.2 Å². The van der Waals surface area contributed by atoms with Gasteiger partial charge in [0.1, 0.15) is 4.88 Å². The minimum absolute atomic E-state index is 0.175. The third-order valence-corrected chi connectivity index (χ3v) is 4.34. The van der Waals surface area contributed by atoms with E-state index in [1.165, 1.54) is 24.0 Å². The van der Waals surface area contributed by atoms with Gasteiger partial charge in [-0.3, -0.25) is 0 Å². The Hall–Kier alpha value is -1.39. The maximum Gasteiger partial charge on any atom is 0.348 e. The average molecular weight is 262 g/mol. The molecule has 1 aromatic heterocycles. The topological polar surface area (TPSA) is 35.5 Å². The fourth-order valence-electron chi connectivity index (χ4n) is 2.39. The van der Waals surface area contributed by atoms with Crippen molar-refractivity contribution in [2.75, 3.05) is 13.7 Å².